The molecule has 1 amide bonds. The molecule has 2 rings (SSSR count). The van der Waals surface area contributed by atoms with Gasteiger partial charge in [0.05, 0.1) is 7.11 Å². The summed E-state index contributed by atoms with van der Waals surface area (Å²) in [5.74, 6) is 0.475. The summed E-state index contributed by atoms with van der Waals surface area (Å²) < 4.78 is 16.0. The number of hydrogen-bond acceptors (Lipinski definition) is 5. The molecule has 0 spiro atoms. The Morgan fingerprint density at radius 3 is 2.29 bits per heavy atom. The topological polar surface area (TPSA) is 73.9 Å². The second-order valence-corrected chi connectivity index (χ2v) is 6.71. The number of amides is 1. The molecule has 28 heavy (non-hydrogen) atoms. The summed E-state index contributed by atoms with van der Waals surface area (Å²) in [6.07, 6.45) is 0. The molecule has 1 unspecified atom stereocenters. The maximum absolute atomic E-state index is 12.4. The highest BCUT2D eigenvalue weighted by Gasteiger charge is 2.26. The van der Waals surface area contributed by atoms with E-state index in [1.165, 1.54) is 0 Å². The van der Waals surface area contributed by atoms with E-state index in [1.54, 1.807) is 31.4 Å². The van der Waals surface area contributed by atoms with Crippen LogP contribution in [0.4, 0.5) is 0 Å². The van der Waals surface area contributed by atoms with Crippen molar-refractivity contribution in [1.29, 1.82) is 0 Å². The Hall–Kier alpha value is -3.02. The van der Waals surface area contributed by atoms with Gasteiger partial charge >= 0.3 is 5.97 Å². The molecular weight excluding hydrogens is 358 g/mol. The highest BCUT2D eigenvalue weighted by molar-refractivity contribution is 5.96. The number of benzene rings is 2. The summed E-state index contributed by atoms with van der Waals surface area (Å²) in [5, 5.41) is 2.74. The molecule has 0 heterocycles. The minimum absolute atomic E-state index is 0.106. The first-order valence-corrected chi connectivity index (χ1v) is 9.22. The largest absolute Gasteiger partial charge is 0.497 e. The standard InChI is InChI=1S/C22H27NO5/c1-15(2)20(23-21(24)17-9-11-18(26-4)12-10-17)22(25)28-14-13-27-19-8-6-5-7-16(19)3/h5-12,15,20H,13-14H2,1-4H3,(H,23,24). The van der Waals surface area contributed by atoms with Crippen molar-refractivity contribution in [1.82, 2.24) is 5.32 Å². The SMILES string of the molecule is COc1ccc(C(=O)NC(C(=O)OCCOc2ccccc2C)C(C)C)cc1. The normalized spacial score (nSPS) is 11.6. The maximum atomic E-state index is 12.4. The van der Waals surface area contributed by atoms with E-state index < -0.39 is 12.0 Å². The zero-order chi connectivity index (χ0) is 20.5. The van der Waals surface area contributed by atoms with E-state index in [2.05, 4.69) is 5.32 Å². The number of nitrogens with one attached hydrogen (secondary N) is 1. The van der Waals surface area contributed by atoms with Crippen molar-refractivity contribution in [2.45, 2.75) is 26.8 Å². The molecule has 2 aromatic rings. The van der Waals surface area contributed by atoms with Crippen molar-refractivity contribution in [3.8, 4) is 11.5 Å². The Labute approximate surface area is 165 Å². The van der Waals surface area contributed by atoms with Crippen LogP contribution in [0.2, 0.25) is 0 Å². The number of esters is 1. The van der Waals surface area contributed by atoms with E-state index in [0.29, 0.717) is 11.3 Å². The number of ether oxygens (including phenoxy) is 3. The molecule has 6 heteroatoms. The molecule has 0 saturated carbocycles. The van der Waals surface area contributed by atoms with Crippen molar-refractivity contribution in [3.63, 3.8) is 0 Å². The van der Waals surface area contributed by atoms with Gasteiger partial charge in [0, 0.05) is 5.56 Å². The van der Waals surface area contributed by atoms with Crippen LogP contribution in [0, 0.1) is 12.8 Å². The Balaban J connectivity index is 1.86. The Bertz CT molecular complexity index is 786. The van der Waals surface area contributed by atoms with E-state index in [1.807, 2.05) is 45.0 Å². The van der Waals surface area contributed by atoms with E-state index >= 15 is 0 Å². The lowest BCUT2D eigenvalue weighted by molar-refractivity contribution is -0.147. The van der Waals surface area contributed by atoms with Gasteiger partial charge in [-0.25, -0.2) is 4.79 Å². The number of para-hydroxylation sites is 1. The zero-order valence-electron chi connectivity index (χ0n) is 16.7. The van der Waals surface area contributed by atoms with Gasteiger partial charge < -0.3 is 19.5 Å². The number of carbonyl (C=O) groups excluding carboxylic acids is 2. The van der Waals surface area contributed by atoms with Crippen LogP contribution in [-0.4, -0.2) is 38.2 Å². The smallest absolute Gasteiger partial charge is 0.329 e. The van der Waals surface area contributed by atoms with Crippen LogP contribution in [-0.2, 0) is 9.53 Å². The molecule has 0 aliphatic heterocycles. The van der Waals surface area contributed by atoms with E-state index in [9.17, 15) is 9.59 Å². The average molecular weight is 385 g/mol. The summed E-state index contributed by atoms with van der Waals surface area (Å²) in [6.45, 7) is 6.00. The van der Waals surface area contributed by atoms with Crippen LogP contribution in [0.15, 0.2) is 48.5 Å². The average Bonchev–Trinajstić information content (AvgIpc) is 2.70. The van der Waals surface area contributed by atoms with Crippen LogP contribution in [0.25, 0.3) is 0 Å². The predicted octanol–water partition coefficient (Wildman–Crippen LogP) is 3.38. The van der Waals surface area contributed by atoms with Crippen molar-refractivity contribution < 1.29 is 23.8 Å². The summed E-state index contributed by atoms with van der Waals surface area (Å²) in [4.78, 5) is 24.8. The van der Waals surface area contributed by atoms with Gasteiger partial charge in [0.15, 0.2) is 0 Å². The fraction of sp³-hybridized carbons (Fsp3) is 0.364. The summed E-state index contributed by atoms with van der Waals surface area (Å²) in [7, 11) is 1.56. The van der Waals surface area contributed by atoms with Crippen molar-refractivity contribution in [2.75, 3.05) is 20.3 Å². The third-order valence-corrected chi connectivity index (χ3v) is 4.24. The lowest BCUT2D eigenvalue weighted by Crippen LogP contribution is -2.45. The van der Waals surface area contributed by atoms with Crippen LogP contribution < -0.4 is 14.8 Å². The molecule has 1 N–H and O–H groups in total. The number of hydrogen-bond donors (Lipinski definition) is 1. The third-order valence-electron chi connectivity index (χ3n) is 4.24. The molecular formula is C22H27NO5. The predicted molar refractivity (Wildman–Crippen MR) is 107 cm³/mol. The Kier molecular flexibility index (Phi) is 7.87. The first-order valence-electron chi connectivity index (χ1n) is 9.22. The monoisotopic (exact) mass is 385 g/mol. The highest BCUT2D eigenvalue weighted by Crippen LogP contribution is 2.16. The lowest BCUT2D eigenvalue weighted by atomic mass is 10.0. The molecule has 0 bridgehead atoms. The highest BCUT2D eigenvalue weighted by atomic mass is 16.6. The zero-order valence-corrected chi connectivity index (χ0v) is 16.7. The van der Waals surface area contributed by atoms with Gasteiger partial charge in [-0.3, -0.25) is 4.79 Å². The van der Waals surface area contributed by atoms with Crippen LogP contribution in [0.5, 0.6) is 11.5 Å². The van der Waals surface area contributed by atoms with Gasteiger partial charge in [-0.15, -0.1) is 0 Å². The molecule has 1 atom stereocenters. The van der Waals surface area contributed by atoms with E-state index in [0.717, 1.165) is 11.3 Å². The Morgan fingerprint density at radius 1 is 1.00 bits per heavy atom. The minimum atomic E-state index is -0.743. The van der Waals surface area contributed by atoms with Crippen molar-refractivity contribution in [2.24, 2.45) is 5.92 Å². The van der Waals surface area contributed by atoms with Gasteiger partial charge in [0.1, 0.15) is 30.8 Å². The molecule has 2 aromatic carbocycles. The fourth-order valence-electron chi connectivity index (χ4n) is 2.57. The second-order valence-electron chi connectivity index (χ2n) is 6.71. The number of methoxy groups -OCH3 is 1. The van der Waals surface area contributed by atoms with Crippen molar-refractivity contribution in [3.05, 3.63) is 59.7 Å². The van der Waals surface area contributed by atoms with E-state index in [-0.39, 0.29) is 25.0 Å². The lowest BCUT2D eigenvalue weighted by Gasteiger charge is -2.21. The van der Waals surface area contributed by atoms with Crippen LogP contribution >= 0.6 is 0 Å². The quantitative estimate of drug-likeness (QED) is 0.529. The molecule has 150 valence electrons. The van der Waals surface area contributed by atoms with E-state index in [4.69, 9.17) is 14.2 Å². The molecule has 0 fully saturated rings. The van der Waals surface area contributed by atoms with Gasteiger partial charge in [0.25, 0.3) is 5.91 Å². The molecule has 6 nitrogen and oxygen atoms in total. The van der Waals surface area contributed by atoms with Crippen LogP contribution in [0.3, 0.4) is 0 Å². The van der Waals surface area contributed by atoms with Gasteiger partial charge in [-0.2, -0.15) is 0 Å². The second kappa shape index (κ2) is 10.3. The third kappa shape index (κ3) is 6.01. The first-order chi connectivity index (χ1) is 13.4. The molecule has 0 aromatic heterocycles. The summed E-state index contributed by atoms with van der Waals surface area (Å²) in [6, 6.07) is 13.6. The molecule has 0 aliphatic carbocycles. The Morgan fingerprint density at radius 2 is 1.68 bits per heavy atom. The molecule has 0 saturated heterocycles. The summed E-state index contributed by atoms with van der Waals surface area (Å²) >= 11 is 0. The van der Waals surface area contributed by atoms with Gasteiger partial charge in [0.2, 0.25) is 0 Å². The van der Waals surface area contributed by atoms with Gasteiger partial charge in [-0.05, 0) is 48.7 Å². The van der Waals surface area contributed by atoms with Crippen molar-refractivity contribution >= 4 is 11.9 Å². The summed E-state index contributed by atoms with van der Waals surface area (Å²) in [5.41, 5.74) is 1.46. The van der Waals surface area contributed by atoms with Crippen LogP contribution in [0.1, 0.15) is 29.8 Å². The fourth-order valence-corrected chi connectivity index (χ4v) is 2.57. The minimum Gasteiger partial charge on any atom is -0.497 e. The molecule has 0 aliphatic rings. The number of aryl methyl sites for hydroxylation is 1. The van der Waals surface area contributed by atoms with Gasteiger partial charge in [-0.1, -0.05) is 32.0 Å². The molecule has 0 radical (unpaired) electrons. The number of carbonyl (C=O) groups is 2. The first kappa shape index (κ1) is 21.3. The number of rotatable bonds is 9. The maximum Gasteiger partial charge on any atom is 0.329 e.